The predicted molar refractivity (Wildman–Crippen MR) is 98.6 cm³/mol. The Labute approximate surface area is 146 Å². The van der Waals surface area contributed by atoms with Gasteiger partial charge in [0.25, 0.3) is 0 Å². The third kappa shape index (κ3) is 6.28. The maximum atomic E-state index is 5.64. The zero-order valence-electron chi connectivity index (χ0n) is 13.4. The van der Waals surface area contributed by atoms with Gasteiger partial charge in [0, 0.05) is 25.7 Å². The van der Waals surface area contributed by atoms with Crippen molar-refractivity contribution in [1.29, 1.82) is 0 Å². The molecule has 0 aromatic carbocycles. The Balaban J connectivity index is 0.00000220. The van der Waals surface area contributed by atoms with E-state index < -0.39 is 0 Å². The lowest BCUT2D eigenvalue weighted by Gasteiger charge is -2.21. The van der Waals surface area contributed by atoms with E-state index in [4.69, 9.17) is 9.73 Å². The SMILES string of the molecule is CCNC(=NCC1CCCN1CC)NCC1CCCO1.I. The number of nitrogens with zero attached hydrogens (tertiary/aromatic N) is 2. The number of ether oxygens (including phenoxy) is 1. The number of aliphatic imine (C=N–C) groups is 1. The zero-order chi connectivity index (χ0) is 14.2. The molecule has 2 unspecified atom stereocenters. The predicted octanol–water partition coefficient (Wildman–Crippen LogP) is 1.82. The summed E-state index contributed by atoms with van der Waals surface area (Å²) in [7, 11) is 0. The molecule has 6 heteroatoms. The molecule has 0 aliphatic carbocycles. The molecule has 2 atom stereocenters. The van der Waals surface area contributed by atoms with Crippen LogP contribution in [0, 0.1) is 0 Å². The van der Waals surface area contributed by atoms with Gasteiger partial charge in [0.05, 0.1) is 12.6 Å². The number of guanidine groups is 1. The van der Waals surface area contributed by atoms with E-state index in [1.165, 1.54) is 32.2 Å². The van der Waals surface area contributed by atoms with E-state index in [1.807, 2.05) is 0 Å². The smallest absolute Gasteiger partial charge is 0.191 e. The molecule has 0 aromatic heterocycles. The first-order valence-corrected chi connectivity index (χ1v) is 8.21. The molecule has 2 N–H and O–H groups in total. The highest BCUT2D eigenvalue weighted by atomic mass is 127. The van der Waals surface area contributed by atoms with Crippen molar-refractivity contribution in [1.82, 2.24) is 15.5 Å². The van der Waals surface area contributed by atoms with Crippen molar-refractivity contribution < 1.29 is 4.74 Å². The molecule has 124 valence electrons. The van der Waals surface area contributed by atoms with Crippen LogP contribution in [0.1, 0.15) is 39.5 Å². The lowest BCUT2D eigenvalue weighted by Crippen LogP contribution is -2.42. The molecule has 2 aliphatic heterocycles. The summed E-state index contributed by atoms with van der Waals surface area (Å²) in [6.45, 7) is 10.3. The molecule has 2 fully saturated rings. The quantitative estimate of drug-likeness (QED) is 0.399. The molecule has 2 aliphatic rings. The molecule has 0 bridgehead atoms. The van der Waals surface area contributed by atoms with Crippen LogP contribution in [0.5, 0.6) is 0 Å². The summed E-state index contributed by atoms with van der Waals surface area (Å²) in [5.74, 6) is 0.936. The largest absolute Gasteiger partial charge is 0.376 e. The fourth-order valence-corrected chi connectivity index (χ4v) is 3.07. The summed E-state index contributed by atoms with van der Waals surface area (Å²) >= 11 is 0. The maximum absolute atomic E-state index is 5.64. The molecule has 5 nitrogen and oxygen atoms in total. The normalized spacial score (nSPS) is 26.7. The van der Waals surface area contributed by atoms with Crippen molar-refractivity contribution in [2.45, 2.75) is 51.7 Å². The van der Waals surface area contributed by atoms with E-state index in [0.29, 0.717) is 12.1 Å². The van der Waals surface area contributed by atoms with Crippen LogP contribution in [0.3, 0.4) is 0 Å². The first-order chi connectivity index (χ1) is 9.83. The Morgan fingerprint density at radius 2 is 2.10 bits per heavy atom. The molecule has 0 saturated carbocycles. The minimum Gasteiger partial charge on any atom is -0.376 e. The van der Waals surface area contributed by atoms with Gasteiger partial charge < -0.3 is 15.4 Å². The van der Waals surface area contributed by atoms with Crippen LogP contribution >= 0.6 is 24.0 Å². The highest BCUT2D eigenvalue weighted by Gasteiger charge is 2.22. The zero-order valence-corrected chi connectivity index (χ0v) is 15.8. The number of rotatable bonds is 6. The number of nitrogens with one attached hydrogen (secondary N) is 2. The highest BCUT2D eigenvalue weighted by Crippen LogP contribution is 2.16. The van der Waals surface area contributed by atoms with Crippen LogP contribution in [0.4, 0.5) is 0 Å². The van der Waals surface area contributed by atoms with Gasteiger partial charge in [0.1, 0.15) is 0 Å². The fraction of sp³-hybridized carbons (Fsp3) is 0.933. The van der Waals surface area contributed by atoms with Crippen LogP contribution in [0.25, 0.3) is 0 Å². The van der Waals surface area contributed by atoms with E-state index in [1.54, 1.807) is 0 Å². The van der Waals surface area contributed by atoms with Crippen molar-refractivity contribution in [3.05, 3.63) is 0 Å². The molecular formula is C15H31IN4O. The second-order valence-electron chi connectivity index (χ2n) is 5.66. The van der Waals surface area contributed by atoms with Crippen LogP contribution in [0.2, 0.25) is 0 Å². The van der Waals surface area contributed by atoms with Crippen molar-refractivity contribution >= 4 is 29.9 Å². The van der Waals surface area contributed by atoms with Crippen molar-refractivity contribution in [3.63, 3.8) is 0 Å². The van der Waals surface area contributed by atoms with Gasteiger partial charge in [-0.3, -0.25) is 9.89 Å². The third-order valence-electron chi connectivity index (χ3n) is 4.23. The van der Waals surface area contributed by atoms with Crippen molar-refractivity contribution in [2.75, 3.05) is 39.3 Å². The monoisotopic (exact) mass is 410 g/mol. The number of halogens is 1. The van der Waals surface area contributed by atoms with Gasteiger partial charge in [-0.05, 0) is 45.7 Å². The Morgan fingerprint density at radius 3 is 2.76 bits per heavy atom. The summed E-state index contributed by atoms with van der Waals surface area (Å²) in [6, 6.07) is 0.623. The third-order valence-corrected chi connectivity index (χ3v) is 4.23. The van der Waals surface area contributed by atoms with Gasteiger partial charge in [-0.2, -0.15) is 0 Å². The molecule has 0 radical (unpaired) electrons. The van der Waals surface area contributed by atoms with Crippen LogP contribution in [0.15, 0.2) is 4.99 Å². The standard InChI is InChI=1S/C15H30N4O.HI/c1-3-16-15(18-12-14-8-6-10-20-14)17-11-13-7-5-9-19(13)4-2;/h13-14H,3-12H2,1-2H3,(H2,16,17,18);1H. The summed E-state index contributed by atoms with van der Waals surface area (Å²) < 4.78 is 5.64. The Bertz CT molecular complexity index is 308. The van der Waals surface area contributed by atoms with Gasteiger partial charge in [0.15, 0.2) is 5.96 Å². The summed E-state index contributed by atoms with van der Waals surface area (Å²) in [5.41, 5.74) is 0. The first kappa shape index (κ1) is 19.0. The molecule has 2 saturated heterocycles. The average molecular weight is 410 g/mol. The fourth-order valence-electron chi connectivity index (χ4n) is 3.07. The molecule has 21 heavy (non-hydrogen) atoms. The van der Waals surface area contributed by atoms with Gasteiger partial charge in [-0.25, -0.2) is 0 Å². The Morgan fingerprint density at radius 1 is 1.24 bits per heavy atom. The summed E-state index contributed by atoms with van der Waals surface area (Å²) in [4.78, 5) is 7.29. The number of hydrogen-bond donors (Lipinski definition) is 2. The minimum absolute atomic E-state index is 0. The van der Waals surface area contributed by atoms with E-state index in [2.05, 4.69) is 29.4 Å². The molecular weight excluding hydrogens is 379 g/mol. The summed E-state index contributed by atoms with van der Waals surface area (Å²) in [6.07, 6.45) is 5.31. The van der Waals surface area contributed by atoms with E-state index in [0.717, 1.165) is 38.7 Å². The Hall–Kier alpha value is -0.0800. The van der Waals surface area contributed by atoms with E-state index in [9.17, 15) is 0 Å². The number of likely N-dealkylation sites (tertiary alicyclic amines) is 1. The second kappa shape index (κ2) is 10.6. The Kier molecular flexibility index (Phi) is 9.59. The van der Waals surface area contributed by atoms with Gasteiger partial charge in [-0.15, -0.1) is 24.0 Å². The van der Waals surface area contributed by atoms with Crippen molar-refractivity contribution in [2.24, 2.45) is 4.99 Å². The van der Waals surface area contributed by atoms with Gasteiger partial charge >= 0.3 is 0 Å². The molecule has 0 amide bonds. The number of hydrogen-bond acceptors (Lipinski definition) is 3. The van der Waals surface area contributed by atoms with Crippen LogP contribution in [-0.4, -0.2) is 62.3 Å². The molecule has 0 aromatic rings. The lowest BCUT2D eigenvalue weighted by atomic mass is 10.2. The van der Waals surface area contributed by atoms with Crippen molar-refractivity contribution in [3.8, 4) is 0 Å². The van der Waals surface area contributed by atoms with Gasteiger partial charge in [0.2, 0.25) is 0 Å². The maximum Gasteiger partial charge on any atom is 0.191 e. The first-order valence-electron chi connectivity index (χ1n) is 8.21. The molecule has 2 heterocycles. The highest BCUT2D eigenvalue weighted by molar-refractivity contribution is 14.0. The second-order valence-corrected chi connectivity index (χ2v) is 5.66. The van der Waals surface area contributed by atoms with E-state index in [-0.39, 0.29) is 24.0 Å². The van der Waals surface area contributed by atoms with E-state index >= 15 is 0 Å². The minimum atomic E-state index is 0. The number of likely N-dealkylation sites (N-methyl/N-ethyl adjacent to an activating group) is 1. The average Bonchev–Trinajstić information content (AvgIpc) is 3.12. The lowest BCUT2D eigenvalue weighted by molar-refractivity contribution is 0.114. The molecule has 2 rings (SSSR count). The molecule has 0 spiro atoms. The van der Waals surface area contributed by atoms with Crippen LogP contribution in [-0.2, 0) is 4.74 Å². The summed E-state index contributed by atoms with van der Waals surface area (Å²) in [5, 5.41) is 6.74. The van der Waals surface area contributed by atoms with Gasteiger partial charge in [-0.1, -0.05) is 6.92 Å². The topological polar surface area (TPSA) is 48.9 Å². The van der Waals surface area contributed by atoms with Crippen LogP contribution < -0.4 is 10.6 Å².